The molecule has 3 N–H and O–H groups in total. The van der Waals surface area contributed by atoms with Crippen molar-refractivity contribution in [3.05, 3.63) is 0 Å². The number of hydrogen-bond acceptors (Lipinski definition) is 13. The molecule has 4 saturated heterocycles. The SMILES string of the molecule is CC[C@H](C)[C@@H]1NC(=O)[C@H](CC(C)C)N(C)C(=O)C[C@@H](C(=O)N2CCOCC2)N(C)C(=O)[C@H](C2CCCC2)N(C)C(=O)C2(CCCC2)NC(=O)[C@@H]2CC(F)(F)CN2C(=O)[C@H](CCC2CCC(C(F)(F)F)C(Cl)C2)NC(=O)CN(C)C(=O)[C@H](CC2CCC(F)CC2)N2CCCCC[C@@H](C2=O)N(C)C(=O)CN(C)C1=O. The lowest BCUT2D eigenvalue weighted by Crippen LogP contribution is -2.65. The topological polar surface area (TPSA) is 279 Å². The second kappa shape index (κ2) is 37.5. The summed E-state index contributed by atoms with van der Waals surface area (Å²) in [5.41, 5.74) is -1.85. The predicted molar refractivity (Wildman–Crippen MR) is 384 cm³/mol. The molecule has 32 heteroatoms. The molecule has 0 aromatic heterocycles. The summed E-state index contributed by atoms with van der Waals surface area (Å²) >= 11 is 6.38. The van der Waals surface area contributed by atoms with E-state index in [2.05, 4.69) is 16.0 Å². The van der Waals surface area contributed by atoms with Gasteiger partial charge in [-0.3, -0.25) is 57.5 Å². The van der Waals surface area contributed by atoms with Gasteiger partial charge in [-0.2, -0.15) is 13.2 Å². The van der Waals surface area contributed by atoms with Crippen LogP contribution in [0.15, 0.2) is 0 Å². The Morgan fingerprint density at radius 2 is 1.25 bits per heavy atom. The number of halogens is 7. The fraction of sp³-hybridized carbons (Fsp3) is 0.840. The van der Waals surface area contributed by atoms with Crippen LogP contribution in [0, 0.1) is 35.5 Å². The van der Waals surface area contributed by atoms with Gasteiger partial charge in [0.25, 0.3) is 5.92 Å². The second-order valence-corrected chi connectivity index (χ2v) is 33.1. The first kappa shape index (κ1) is 86.1. The van der Waals surface area contributed by atoms with Gasteiger partial charge in [0.15, 0.2) is 0 Å². The highest BCUT2D eigenvalue weighted by atomic mass is 35.5. The molecular weight excluding hydrogens is 1430 g/mol. The molecule has 8 fully saturated rings. The lowest BCUT2D eigenvalue weighted by molar-refractivity contribution is -0.182. The van der Waals surface area contributed by atoms with Crippen molar-refractivity contribution in [2.75, 3.05) is 94.8 Å². The fourth-order valence-electron chi connectivity index (χ4n) is 17.6. The fourth-order valence-corrected chi connectivity index (χ4v) is 18.2. The van der Waals surface area contributed by atoms with Crippen LogP contribution in [0.3, 0.4) is 0 Å². The van der Waals surface area contributed by atoms with Gasteiger partial charge in [-0.15, -0.1) is 11.6 Å². The van der Waals surface area contributed by atoms with Crippen LogP contribution < -0.4 is 16.0 Å². The summed E-state index contributed by atoms with van der Waals surface area (Å²) in [5.74, 6) is -17.2. The minimum Gasteiger partial charge on any atom is -0.378 e. The molecule has 8 rings (SSSR count). The van der Waals surface area contributed by atoms with Gasteiger partial charge in [-0.05, 0) is 139 Å². The van der Waals surface area contributed by atoms with Gasteiger partial charge in [0.2, 0.25) is 70.9 Å². The van der Waals surface area contributed by atoms with Crippen LogP contribution >= 0.6 is 11.6 Å². The zero-order valence-electron chi connectivity index (χ0n) is 64.3. The molecule has 4 saturated carbocycles. The van der Waals surface area contributed by atoms with Crippen molar-refractivity contribution in [3.8, 4) is 0 Å². The monoisotopic (exact) mass is 1540 g/mol. The Labute approximate surface area is 631 Å². The van der Waals surface area contributed by atoms with Crippen LogP contribution in [-0.4, -0.2) is 287 Å². The summed E-state index contributed by atoms with van der Waals surface area (Å²) < 4.78 is 95.2. The van der Waals surface area contributed by atoms with E-state index in [0.717, 1.165) is 14.7 Å². The highest BCUT2D eigenvalue weighted by Crippen LogP contribution is 2.45. The number of likely N-dealkylation sites (N-methyl/N-ethyl adjacent to an activating group) is 6. The maximum atomic E-state index is 16.3. The Kier molecular flexibility index (Phi) is 30.1. The van der Waals surface area contributed by atoms with Gasteiger partial charge in [0.05, 0.1) is 45.2 Å². The van der Waals surface area contributed by atoms with Gasteiger partial charge < -0.3 is 64.8 Å². The number of rotatable bonds is 11. The number of morpholine rings is 1. The molecule has 1 spiro atoms. The summed E-state index contributed by atoms with van der Waals surface area (Å²) in [6.07, 6.45) is -2.46. The van der Waals surface area contributed by atoms with Gasteiger partial charge >= 0.3 is 6.18 Å². The van der Waals surface area contributed by atoms with E-state index in [4.69, 9.17) is 16.3 Å². The lowest BCUT2D eigenvalue weighted by Gasteiger charge is -2.42. The predicted octanol–water partition coefficient (Wildman–Crippen LogP) is 6.45. The number of fused-ring (bicyclic) bond motifs is 3. The molecule has 2 bridgehead atoms. The van der Waals surface area contributed by atoms with Crippen molar-refractivity contribution in [1.82, 2.24) is 60.0 Å². The van der Waals surface area contributed by atoms with Crippen LogP contribution in [0.5, 0.6) is 0 Å². The lowest BCUT2D eigenvalue weighted by atomic mass is 9.78. The molecule has 0 radical (unpaired) electrons. The van der Waals surface area contributed by atoms with E-state index in [1.165, 1.54) is 66.8 Å². The van der Waals surface area contributed by atoms with Crippen molar-refractivity contribution in [2.24, 2.45) is 35.5 Å². The Morgan fingerprint density at radius 3 is 1.87 bits per heavy atom. The highest BCUT2D eigenvalue weighted by molar-refractivity contribution is 6.21. The van der Waals surface area contributed by atoms with Crippen LogP contribution in [0.4, 0.5) is 26.3 Å². The largest absolute Gasteiger partial charge is 0.393 e. The second-order valence-electron chi connectivity index (χ2n) is 32.6. The van der Waals surface area contributed by atoms with Crippen LogP contribution in [0.1, 0.15) is 195 Å². The van der Waals surface area contributed by atoms with E-state index < -0.39 is 205 Å². The third kappa shape index (κ3) is 21.3. The van der Waals surface area contributed by atoms with Gasteiger partial charge in [0.1, 0.15) is 60.0 Å². The molecule has 12 amide bonds. The molecule has 4 aliphatic carbocycles. The Hall–Kier alpha value is -6.53. The number of alkyl halides is 7. The summed E-state index contributed by atoms with van der Waals surface area (Å²) in [4.78, 5) is 193. The molecule has 3 unspecified atom stereocenters. The molecule has 8 aliphatic rings. The quantitative estimate of drug-likeness (QED) is 0.148. The summed E-state index contributed by atoms with van der Waals surface area (Å²) in [6, 6.07) is -11.6. The first-order valence-corrected chi connectivity index (χ1v) is 39.5. The molecular formula is C75H117ClF6N12O13. The molecule has 107 heavy (non-hydrogen) atoms. The summed E-state index contributed by atoms with van der Waals surface area (Å²) in [6.45, 7) is 5.03. The third-order valence-electron chi connectivity index (χ3n) is 24.5. The summed E-state index contributed by atoms with van der Waals surface area (Å²) in [7, 11) is 8.22. The van der Waals surface area contributed by atoms with Crippen LogP contribution in [-0.2, 0) is 62.3 Å². The van der Waals surface area contributed by atoms with Crippen molar-refractivity contribution in [2.45, 2.75) is 272 Å². The van der Waals surface area contributed by atoms with E-state index in [0.29, 0.717) is 81.9 Å². The van der Waals surface area contributed by atoms with E-state index in [1.807, 2.05) is 20.8 Å². The number of amides is 12. The van der Waals surface area contributed by atoms with E-state index in [1.54, 1.807) is 6.92 Å². The van der Waals surface area contributed by atoms with Crippen LogP contribution in [0.25, 0.3) is 0 Å². The van der Waals surface area contributed by atoms with Crippen molar-refractivity contribution in [3.63, 3.8) is 0 Å². The Bertz CT molecular complexity index is 3170. The minimum atomic E-state index is -4.60. The maximum absolute atomic E-state index is 16.3. The molecule has 12 atom stereocenters. The Morgan fingerprint density at radius 1 is 0.626 bits per heavy atom. The van der Waals surface area contributed by atoms with Gasteiger partial charge in [0, 0.05) is 73.7 Å². The van der Waals surface area contributed by atoms with Crippen molar-refractivity contribution < 1.29 is 88.6 Å². The number of nitrogens with zero attached hydrogens (tertiary/aromatic N) is 9. The number of ether oxygens (including phenoxy) is 1. The van der Waals surface area contributed by atoms with Crippen molar-refractivity contribution >= 4 is 82.5 Å². The molecule has 25 nitrogen and oxygen atoms in total. The highest BCUT2D eigenvalue weighted by Gasteiger charge is 2.56. The number of hydrogen-bond donors (Lipinski definition) is 3. The molecule has 0 aromatic rings. The molecule has 4 aliphatic heterocycles. The van der Waals surface area contributed by atoms with E-state index in [9.17, 15) is 36.7 Å². The number of carbonyl (C=O) groups excluding carboxylic acids is 12. The van der Waals surface area contributed by atoms with Crippen LogP contribution in [0.2, 0.25) is 0 Å². The molecule has 4 heterocycles. The summed E-state index contributed by atoms with van der Waals surface area (Å²) in [5, 5.41) is 6.97. The molecule has 604 valence electrons. The standard InChI is InChI=1S/C75H117ClF6N12O13/c1-11-46(4)62-70(104)87(6)43-61(97)88(7)54-21-13-12-18-32-93(69(54)103)57(39-48-22-26-50(77)27-23-48)67(101)86(5)42-59(95)83-53(29-25-47-24-28-51(52(76)38-47)75(80,81)82)66(100)94-44-74(78,79)41-58(94)65(99)85-73(30-16-17-31-73)72(106)91(10)63(49-19-14-15-20-49)71(105)90(9)56(68(102)92-33-35-107-36-34-92)40-60(96)89(8)55(37-45(2)3)64(98)84-62/h45-58,62-63H,11-44H2,1-10H3,(H,83,95)(H,84,98)(H,85,99)/t46-,47?,48?,50?,51?,52?,53-,54-,55-,56-,57-,58-,62-,63-/m0/s1. The third-order valence-corrected chi connectivity index (χ3v) is 24.9. The first-order valence-electron chi connectivity index (χ1n) is 39.1. The average Bonchev–Trinajstić information content (AvgIpc) is 1.67. The number of carbonyl (C=O) groups is 12. The van der Waals surface area contributed by atoms with E-state index in [-0.39, 0.29) is 122 Å². The smallest absolute Gasteiger partial charge is 0.378 e. The molecule has 0 aromatic carbocycles. The van der Waals surface area contributed by atoms with Crippen molar-refractivity contribution in [1.29, 1.82) is 0 Å². The zero-order chi connectivity index (χ0) is 78.7. The maximum Gasteiger partial charge on any atom is 0.393 e. The zero-order valence-corrected chi connectivity index (χ0v) is 65.0. The number of nitrogens with one attached hydrogen (secondary N) is 3. The minimum absolute atomic E-state index is 0.00847. The Balaban J connectivity index is 1.20. The van der Waals surface area contributed by atoms with Gasteiger partial charge in [-0.1, -0.05) is 72.6 Å². The normalized spacial score (nSPS) is 32.0. The average molecular weight is 1540 g/mol. The van der Waals surface area contributed by atoms with Gasteiger partial charge in [-0.25, -0.2) is 13.2 Å². The van der Waals surface area contributed by atoms with E-state index >= 15 is 47.1 Å². The first-order chi connectivity index (χ1) is 50.4.